The molecule has 0 aliphatic rings. The second kappa shape index (κ2) is 4.94. The molecule has 11 heteroatoms. The van der Waals surface area contributed by atoms with Crippen LogP contribution in [0.1, 0.15) is 0 Å². The average molecular weight is 329 g/mol. The van der Waals surface area contributed by atoms with Crippen molar-refractivity contribution < 1.29 is 13.5 Å². The summed E-state index contributed by atoms with van der Waals surface area (Å²) in [5.74, 6) is -0.843. The summed E-state index contributed by atoms with van der Waals surface area (Å²) in [5, 5.41) is 14.8. The van der Waals surface area contributed by atoms with Crippen molar-refractivity contribution in [2.75, 3.05) is 12.8 Å². The molecule has 24 heavy (non-hydrogen) atoms. The van der Waals surface area contributed by atoms with Crippen LogP contribution < -0.4 is 16.1 Å². The molecule has 2 N–H and O–H groups in total. The van der Waals surface area contributed by atoms with Gasteiger partial charge in [-0.25, -0.2) is 14.2 Å². The van der Waals surface area contributed by atoms with Crippen LogP contribution in [-0.4, -0.2) is 37.3 Å². The molecule has 0 fully saturated rings. The van der Waals surface area contributed by atoms with Gasteiger partial charge in [-0.2, -0.15) is 0 Å². The van der Waals surface area contributed by atoms with Gasteiger partial charge in [0.05, 0.1) is 23.7 Å². The van der Waals surface area contributed by atoms with E-state index in [0.29, 0.717) is 0 Å². The Morgan fingerprint density at radius 1 is 1.33 bits per heavy atom. The van der Waals surface area contributed by atoms with Gasteiger partial charge in [0, 0.05) is 6.07 Å². The Bertz CT molecular complexity index is 1150. The molecule has 0 atom stereocenters. The molecule has 0 radical (unpaired) electrons. The molecular formula is C13H8FN7O3. The average Bonchev–Trinajstić information content (AvgIpc) is 3.04. The lowest BCUT2D eigenvalue weighted by Crippen LogP contribution is -2.07. The van der Waals surface area contributed by atoms with E-state index in [1.165, 1.54) is 19.2 Å². The molecule has 3 aromatic heterocycles. The lowest BCUT2D eigenvalue weighted by molar-refractivity contribution is 0.387. The highest BCUT2D eigenvalue weighted by Gasteiger charge is 2.16. The van der Waals surface area contributed by atoms with Crippen molar-refractivity contribution >= 4 is 22.2 Å². The zero-order valence-corrected chi connectivity index (χ0v) is 12.1. The van der Waals surface area contributed by atoms with E-state index < -0.39 is 11.4 Å². The minimum atomic E-state index is -0.770. The molecule has 10 nitrogen and oxygen atoms in total. The minimum absolute atomic E-state index is 0.0199. The molecule has 0 saturated carbocycles. The zero-order chi connectivity index (χ0) is 16.8. The molecule has 120 valence electrons. The Morgan fingerprint density at radius 3 is 2.96 bits per heavy atom. The third kappa shape index (κ3) is 2.02. The van der Waals surface area contributed by atoms with Crippen molar-refractivity contribution in [3.63, 3.8) is 0 Å². The number of ether oxygens (including phenoxy) is 1. The van der Waals surface area contributed by atoms with Crippen LogP contribution >= 0.6 is 0 Å². The van der Waals surface area contributed by atoms with Crippen LogP contribution in [0.3, 0.4) is 0 Å². The Balaban J connectivity index is 1.98. The number of anilines is 1. The van der Waals surface area contributed by atoms with Gasteiger partial charge in [-0.3, -0.25) is 0 Å². The number of fused-ring (bicyclic) bond motifs is 2. The molecule has 0 saturated heterocycles. The highest BCUT2D eigenvalue weighted by molar-refractivity contribution is 5.80. The molecule has 0 aliphatic carbocycles. The molecule has 0 spiro atoms. The van der Waals surface area contributed by atoms with Crippen molar-refractivity contribution in [3.8, 4) is 17.3 Å². The van der Waals surface area contributed by atoms with Crippen LogP contribution in [0.5, 0.6) is 5.75 Å². The van der Waals surface area contributed by atoms with Crippen LogP contribution in [-0.2, 0) is 0 Å². The molecule has 4 aromatic rings. The number of methoxy groups -OCH3 is 1. The van der Waals surface area contributed by atoms with Gasteiger partial charge in [-0.05, 0) is 22.6 Å². The van der Waals surface area contributed by atoms with Crippen LogP contribution in [0.2, 0.25) is 0 Å². The summed E-state index contributed by atoms with van der Waals surface area (Å²) >= 11 is 0. The van der Waals surface area contributed by atoms with Crippen molar-refractivity contribution in [3.05, 3.63) is 34.4 Å². The third-order valence-electron chi connectivity index (χ3n) is 3.33. The van der Waals surface area contributed by atoms with Gasteiger partial charge in [0.25, 0.3) is 5.89 Å². The highest BCUT2D eigenvalue weighted by atomic mass is 19.1. The van der Waals surface area contributed by atoms with E-state index in [1.807, 2.05) is 0 Å². The van der Waals surface area contributed by atoms with E-state index in [-0.39, 0.29) is 39.6 Å². The SMILES string of the molecule is COc1cc2nc(-c3cc(N)c4nnnn4n3)oc(=O)c2cc1F. The lowest BCUT2D eigenvalue weighted by atomic mass is 10.2. The van der Waals surface area contributed by atoms with E-state index in [1.54, 1.807) is 0 Å². The predicted molar refractivity (Wildman–Crippen MR) is 78.8 cm³/mol. The molecule has 0 unspecified atom stereocenters. The first-order valence-corrected chi connectivity index (χ1v) is 6.60. The van der Waals surface area contributed by atoms with E-state index in [0.717, 1.165) is 10.7 Å². The second-order valence-corrected chi connectivity index (χ2v) is 4.79. The van der Waals surface area contributed by atoms with Gasteiger partial charge < -0.3 is 14.9 Å². The van der Waals surface area contributed by atoms with E-state index in [2.05, 4.69) is 25.6 Å². The van der Waals surface area contributed by atoms with Crippen molar-refractivity contribution in [1.29, 1.82) is 0 Å². The topological polar surface area (TPSA) is 134 Å². The monoisotopic (exact) mass is 329 g/mol. The molecule has 0 bridgehead atoms. The van der Waals surface area contributed by atoms with Gasteiger partial charge in [-0.15, -0.1) is 14.8 Å². The van der Waals surface area contributed by atoms with E-state index in [9.17, 15) is 9.18 Å². The summed E-state index contributed by atoms with van der Waals surface area (Å²) in [6, 6.07) is 3.72. The molecular weight excluding hydrogens is 321 g/mol. The Hall–Kier alpha value is -3.63. The van der Waals surface area contributed by atoms with Gasteiger partial charge >= 0.3 is 5.63 Å². The number of hydrogen-bond donors (Lipinski definition) is 1. The maximum Gasteiger partial charge on any atom is 0.347 e. The quantitative estimate of drug-likeness (QED) is 0.555. The smallest absolute Gasteiger partial charge is 0.347 e. The predicted octanol–water partition coefficient (Wildman–Crippen LogP) is 0.418. The molecule has 0 aliphatic heterocycles. The van der Waals surface area contributed by atoms with Crippen molar-refractivity contribution in [2.45, 2.75) is 0 Å². The zero-order valence-electron chi connectivity index (χ0n) is 12.1. The summed E-state index contributed by atoms with van der Waals surface area (Å²) < 4.78 is 24.8. The largest absolute Gasteiger partial charge is 0.494 e. The van der Waals surface area contributed by atoms with Crippen LogP contribution in [0, 0.1) is 5.82 Å². The number of nitrogens with two attached hydrogens (primary N) is 1. The van der Waals surface area contributed by atoms with Crippen LogP contribution in [0.4, 0.5) is 10.1 Å². The standard InChI is InChI=1S/C13H8FN7O3/c1-23-10-4-8-5(2-6(10)14)13(22)24-12(16-8)9-3-7(15)11-17-19-20-21(11)18-9/h2-4H,15H2,1H3. The minimum Gasteiger partial charge on any atom is -0.494 e. The maximum absolute atomic E-state index is 13.7. The first-order chi connectivity index (χ1) is 11.6. The lowest BCUT2D eigenvalue weighted by Gasteiger charge is -2.05. The molecule has 0 amide bonds. The normalized spacial score (nSPS) is 11.2. The number of nitrogens with zero attached hydrogens (tertiary/aromatic N) is 6. The Kier molecular flexibility index (Phi) is 2.88. The first-order valence-electron chi connectivity index (χ1n) is 6.60. The molecule has 1 aromatic carbocycles. The maximum atomic E-state index is 13.7. The van der Waals surface area contributed by atoms with Gasteiger partial charge in [0.15, 0.2) is 17.3 Å². The fourth-order valence-corrected chi connectivity index (χ4v) is 2.21. The summed E-state index contributed by atoms with van der Waals surface area (Å²) in [6.45, 7) is 0. The first kappa shape index (κ1) is 14.0. The van der Waals surface area contributed by atoms with Crippen LogP contribution in [0.25, 0.3) is 28.1 Å². The molecule has 3 heterocycles. The van der Waals surface area contributed by atoms with E-state index in [4.69, 9.17) is 14.9 Å². The second-order valence-electron chi connectivity index (χ2n) is 4.79. The van der Waals surface area contributed by atoms with Gasteiger partial charge in [-0.1, -0.05) is 0 Å². The van der Waals surface area contributed by atoms with E-state index >= 15 is 0 Å². The van der Waals surface area contributed by atoms with Crippen molar-refractivity contribution in [1.82, 2.24) is 30.2 Å². The summed E-state index contributed by atoms with van der Waals surface area (Å²) in [5.41, 5.74) is 5.89. The number of nitrogen functional groups attached to an aromatic ring is 1. The van der Waals surface area contributed by atoms with Gasteiger partial charge in [0.2, 0.25) is 5.65 Å². The fourth-order valence-electron chi connectivity index (χ4n) is 2.21. The number of hydrogen-bond acceptors (Lipinski definition) is 9. The Labute approximate surface area is 131 Å². The van der Waals surface area contributed by atoms with Crippen LogP contribution in [0.15, 0.2) is 27.4 Å². The number of halogens is 1. The number of rotatable bonds is 2. The summed E-state index contributed by atoms with van der Waals surface area (Å²) in [4.78, 5) is 16.3. The summed E-state index contributed by atoms with van der Waals surface area (Å²) in [7, 11) is 1.31. The fraction of sp³-hybridized carbons (Fsp3) is 0.0769. The molecule has 4 rings (SSSR count). The van der Waals surface area contributed by atoms with Gasteiger partial charge in [0.1, 0.15) is 0 Å². The number of aromatic nitrogens is 6. The third-order valence-corrected chi connectivity index (χ3v) is 3.33. The highest BCUT2D eigenvalue weighted by Crippen LogP contribution is 2.24. The summed E-state index contributed by atoms with van der Waals surface area (Å²) in [6.07, 6.45) is 0. The number of benzene rings is 1. The number of tetrazole rings is 1. The Morgan fingerprint density at radius 2 is 2.17 bits per heavy atom. The van der Waals surface area contributed by atoms with Crippen molar-refractivity contribution in [2.24, 2.45) is 0 Å².